The summed E-state index contributed by atoms with van der Waals surface area (Å²) < 4.78 is 7.15. The first-order valence-corrected chi connectivity index (χ1v) is 4.44. The van der Waals surface area contributed by atoms with Gasteiger partial charge in [0.15, 0.2) is 0 Å². The van der Waals surface area contributed by atoms with Crippen molar-refractivity contribution in [1.82, 2.24) is 4.68 Å². The summed E-state index contributed by atoms with van der Waals surface area (Å²) in [6.07, 6.45) is 3.83. The summed E-state index contributed by atoms with van der Waals surface area (Å²) >= 11 is 0. The number of furan rings is 1. The number of rotatable bonds is 4. The molecule has 0 saturated heterocycles. The average Bonchev–Trinajstić information content (AvgIpc) is 2.86. The van der Waals surface area contributed by atoms with Crippen LogP contribution in [-0.2, 0) is 13.2 Å². The second kappa shape index (κ2) is 4.02. The topological polar surface area (TPSA) is 50.3 Å². The van der Waals surface area contributed by atoms with E-state index in [1.165, 1.54) is 0 Å². The molecule has 0 saturated carbocycles. The molecule has 0 spiro atoms. The minimum atomic E-state index is -0.0521. The van der Waals surface area contributed by atoms with E-state index in [1.54, 1.807) is 6.07 Å². The highest BCUT2D eigenvalue weighted by Gasteiger charge is 1.99. The third kappa shape index (κ3) is 1.97. The first kappa shape index (κ1) is 8.90. The Morgan fingerprint density at radius 3 is 2.57 bits per heavy atom. The van der Waals surface area contributed by atoms with Crippen molar-refractivity contribution in [1.29, 1.82) is 0 Å². The Balaban J connectivity index is 1.92. The standard InChI is InChI=1S/C10H12N2O2/c13-8-10-4-3-9(14-10)7-11-12-5-1-2-6-12/h1-6,11,13H,7-8H2. The van der Waals surface area contributed by atoms with E-state index in [2.05, 4.69) is 5.43 Å². The highest BCUT2D eigenvalue weighted by Crippen LogP contribution is 2.07. The minimum absolute atomic E-state index is 0.0521. The normalized spacial score (nSPS) is 10.4. The van der Waals surface area contributed by atoms with Crippen LogP contribution in [0.4, 0.5) is 0 Å². The molecule has 0 fully saturated rings. The maximum absolute atomic E-state index is 8.78. The zero-order valence-electron chi connectivity index (χ0n) is 7.68. The number of aromatic nitrogens is 1. The molecule has 0 radical (unpaired) electrons. The molecule has 0 aliphatic heterocycles. The molecule has 2 rings (SSSR count). The molecule has 0 atom stereocenters. The largest absolute Gasteiger partial charge is 0.462 e. The molecule has 4 heteroatoms. The van der Waals surface area contributed by atoms with Gasteiger partial charge in [0.2, 0.25) is 0 Å². The van der Waals surface area contributed by atoms with Gasteiger partial charge in [-0.25, -0.2) is 0 Å². The van der Waals surface area contributed by atoms with Crippen LogP contribution < -0.4 is 5.43 Å². The quantitative estimate of drug-likeness (QED) is 0.768. The van der Waals surface area contributed by atoms with Crippen molar-refractivity contribution < 1.29 is 9.52 Å². The van der Waals surface area contributed by atoms with Crippen molar-refractivity contribution >= 4 is 0 Å². The number of hydrogen-bond donors (Lipinski definition) is 2. The summed E-state index contributed by atoms with van der Waals surface area (Å²) in [5.41, 5.74) is 3.12. The van der Waals surface area contributed by atoms with Crippen LogP contribution in [0.1, 0.15) is 11.5 Å². The molecular weight excluding hydrogens is 180 g/mol. The van der Waals surface area contributed by atoms with Crippen LogP contribution in [0.5, 0.6) is 0 Å². The summed E-state index contributed by atoms with van der Waals surface area (Å²) in [6.45, 7) is 0.554. The molecule has 2 aromatic heterocycles. The number of aliphatic hydroxyl groups excluding tert-OH is 1. The highest BCUT2D eigenvalue weighted by molar-refractivity contribution is 5.07. The highest BCUT2D eigenvalue weighted by atomic mass is 16.4. The second-order valence-electron chi connectivity index (χ2n) is 2.95. The molecule has 0 unspecified atom stereocenters. The van der Waals surface area contributed by atoms with E-state index in [1.807, 2.05) is 35.3 Å². The van der Waals surface area contributed by atoms with Crippen molar-refractivity contribution in [2.75, 3.05) is 5.43 Å². The summed E-state index contributed by atoms with van der Waals surface area (Å²) in [5, 5.41) is 8.78. The molecule has 14 heavy (non-hydrogen) atoms. The van der Waals surface area contributed by atoms with Crippen LogP contribution >= 0.6 is 0 Å². The first-order valence-electron chi connectivity index (χ1n) is 4.44. The summed E-state index contributed by atoms with van der Waals surface area (Å²) in [7, 11) is 0. The van der Waals surface area contributed by atoms with Crippen LogP contribution in [0.2, 0.25) is 0 Å². The van der Waals surface area contributed by atoms with Crippen LogP contribution in [0.3, 0.4) is 0 Å². The maximum atomic E-state index is 8.78. The van der Waals surface area contributed by atoms with E-state index in [4.69, 9.17) is 9.52 Å². The van der Waals surface area contributed by atoms with Crippen LogP contribution in [0.25, 0.3) is 0 Å². The molecule has 74 valence electrons. The second-order valence-corrected chi connectivity index (χ2v) is 2.95. The zero-order valence-corrected chi connectivity index (χ0v) is 7.68. The van der Waals surface area contributed by atoms with Gasteiger partial charge in [0.1, 0.15) is 18.1 Å². The fourth-order valence-electron chi connectivity index (χ4n) is 1.21. The van der Waals surface area contributed by atoms with Gasteiger partial charge in [-0.2, -0.15) is 0 Å². The summed E-state index contributed by atoms with van der Waals surface area (Å²) in [6, 6.07) is 7.50. The number of aliphatic hydroxyl groups is 1. The Morgan fingerprint density at radius 1 is 1.21 bits per heavy atom. The van der Waals surface area contributed by atoms with Crippen LogP contribution in [-0.4, -0.2) is 9.78 Å². The summed E-state index contributed by atoms with van der Waals surface area (Å²) in [4.78, 5) is 0. The maximum Gasteiger partial charge on any atom is 0.129 e. The molecule has 2 N–H and O–H groups in total. The molecule has 4 nitrogen and oxygen atoms in total. The van der Waals surface area contributed by atoms with Gasteiger partial charge in [0.25, 0.3) is 0 Å². The fourth-order valence-corrected chi connectivity index (χ4v) is 1.21. The van der Waals surface area contributed by atoms with Gasteiger partial charge in [0, 0.05) is 12.4 Å². The number of hydrogen-bond acceptors (Lipinski definition) is 3. The van der Waals surface area contributed by atoms with Gasteiger partial charge in [-0.15, -0.1) is 0 Å². The third-order valence-electron chi connectivity index (χ3n) is 1.91. The molecule has 0 aliphatic carbocycles. The van der Waals surface area contributed by atoms with Gasteiger partial charge >= 0.3 is 0 Å². The van der Waals surface area contributed by atoms with E-state index in [-0.39, 0.29) is 6.61 Å². The summed E-state index contributed by atoms with van der Waals surface area (Å²) in [5.74, 6) is 1.40. The Labute approximate surface area is 81.7 Å². The van der Waals surface area contributed by atoms with E-state index >= 15 is 0 Å². The monoisotopic (exact) mass is 192 g/mol. The SMILES string of the molecule is OCc1ccc(CNn2cccc2)o1. The fraction of sp³-hybridized carbons (Fsp3) is 0.200. The van der Waals surface area contributed by atoms with Crippen molar-refractivity contribution in [3.05, 3.63) is 48.2 Å². The number of nitrogens with zero attached hydrogens (tertiary/aromatic N) is 1. The van der Waals surface area contributed by atoms with Crippen molar-refractivity contribution in [3.8, 4) is 0 Å². The first-order chi connectivity index (χ1) is 6.88. The predicted octanol–water partition coefficient (Wildman–Crippen LogP) is 1.32. The van der Waals surface area contributed by atoms with Crippen LogP contribution in [0, 0.1) is 0 Å². The molecule has 0 bridgehead atoms. The van der Waals surface area contributed by atoms with E-state index in [0.29, 0.717) is 12.3 Å². The molecule has 2 aromatic rings. The minimum Gasteiger partial charge on any atom is -0.462 e. The van der Waals surface area contributed by atoms with Crippen molar-refractivity contribution in [2.24, 2.45) is 0 Å². The van der Waals surface area contributed by atoms with E-state index < -0.39 is 0 Å². The Kier molecular flexibility index (Phi) is 2.55. The number of nitrogens with one attached hydrogen (secondary N) is 1. The Bertz CT molecular complexity index is 378. The molecule has 2 heterocycles. The van der Waals surface area contributed by atoms with Gasteiger partial charge in [0.05, 0.1) is 6.54 Å². The van der Waals surface area contributed by atoms with Crippen LogP contribution in [0.15, 0.2) is 41.1 Å². The smallest absolute Gasteiger partial charge is 0.129 e. The Hall–Kier alpha value is -1.68. The van der Waals surface area contributed by atoms with Crippen molar-refractivity contribution in [2.45, 2.75) is 13.2 Å². The van der Waals surface area contributed by atoms with E-state index in [9.17, 15) is 0 Å². The molecule has 0 amide bonds. The lowest BCUT2D eigenvalue weighted by Gasteiger charge is -2.04. The van der Waals surface area contributed by atoms with Crippen molar-refractivity contribution in [3.63, 3.8) is 0 Å². The lowest BCUT2D eigenvalue weighted by Crippen LogP contribution is -2.11. The van der Waals surface area contributed by atoms with Gasteiger partial charge < -0.3 is 14.9 Å². The predicted molar refractivity (Wildman–Crippen MR) is 52.1 cm³/mol. The molecule has 0 aliphatic rings. The van der Waals surface area contributed by atoms with Gasteiger partial charge in [-0.3, -0.25) is 4.68 Å². The van der Waals surface area contributed by atoms with Gasteiger partial charge in [-0.05, 0) is 24.3 Å². The molecule has 0 aromatic carbocycles. The lowest BCUT2D eigenvalue weighted by molar-refractivity contribution is 0.243. The van der Waals surface area contributed by atoms with E-state index in [0.717, 1.165) is 5.76 Å². The third-order valence-corrected chi connectivity index (χ3v) is 1.91. The Morgan fingerprint density at radius 2 is 1.93 bits per heavy atom. The zero-order chi connectivity index (χ0) is 9.80. The van der Waals surface area contributed by atoms with Gasteiger partial charge in [-0.1, -0.05) is 0 Å². The molecular formula is C10H12N2O2. The lowest BCUT2D eigenvalue weighted by atomic mass is 10.4. The average molecular weight is 192 g/mol.